The van der Waals surface area contributed by atoms with Crippen LogP contribution in [-0.4, -0.2) is 32.0 Å². The van der Waals surface area contributed by atoms with E-state index in [4.69, 9.17) is 10.5 Å². The number of anilines is 2. The number of carbonyl (C=O) groups excluding carboxylic acids is 2. The Kier molecular flexibility index (Phi) is 6.01. The van der Waals surface area contributed by atoms with Crippen molar-refractivity contribution >= 4 is 33.8 Å². The molecule has 1 aromatic heterocycles. The molecule has 5 nitrogen and oxygen atoms in total. The average Bonchev–Trinajstić information content (AvgIpc) is 2.74. The molecular formula is C14H22N2O3S. The van der Waals surface area contributed by atoms with Crippen molar-refractivity contribution in [2.75, 3.05) is 30.8 Å². The van der Waals surface area contributed by atoms with Crippen LogP contribution in [0.3, 0.4) is 0 Å². The molecule has 0 aromatic carbocycles. The fourth-order valence-electron chi connectivity index (χ4n) is 1.86. The van der Waals surface area contributed by atoms with Gasteiger partial charge in [0.2, 0.25) is 0 Å². The minimum absolute atomic E-state index is 0.131. The third kappa shape index (κ3) is 3.50. The van der Waals surface area contributed by atoms with Gasteiger partial charge in [-0.05, 0) is 13.3 Å². The maximum Gasteiger partial charge on any atom is 0.343 e. The summed E-state index contributed by atoms with van der Waals surface area (Å²) in [6.07, 6.45) is 2.06. The maximum atomic E-state index is 12.1. The second-order valence-electron chi connectivity index (χ2n) is 4.58. The van der Waals surface area contributed by atoms with Crippen molar-refractivity contribution in [1.29, 1.82) is 0 Å². The zero-order valence-electron chi connectivity index (χ0n) is 12.5. The Morgan fingerprint density at radius 3 is 2.50 bits per heavy atom. The number of hydrogen-bond donors (Lipinski definition) is 1. The second-order valence-corrected chi connectivity index (χ2v) is 5.58. The number of nitrogens with zero attached hydrogens (tertiary/aromatic N) is 1. The highest BCUT2D eigenvalue weighted by atomic mass is 32.1. The van der Waals surface area contributed by atoms with Crippen molar-refractivity contribution in [2.24, 2.45) is 0 Å². The van der Waals surface area contributed by atoms with Gasteiger partial charge < -0.3 is 15.4 Å². The Balaban J connectivity index is 3.22. The Morgan fingerprint density at radius 1 is 1.35 bits per heavy atom. The van der Waals surface area contributed by atoms with Gasteiger partial charge in [0.25, 0.3) is 0 Å². The lowest BCUT2D eigenvalue weighted by atomic mass is 10.2. The Labute approximate surface area is 123 Å². The van der Waals surface area contributed by atoms with Gasteiger partial charge in [0.15, 0.2) is 5.78 Å². The normalized spacial score (nSPS) is 10.4. The molecule has 0 saturated heterocycles. The predicted molar refractivity (Wildman–Crippen MR) is 82.9 cm³/mol. The number of rotatable bonds is 7. The van der Waals surface area contributed by atoms with Crippen LogP contribution in [0.2, 0.25) is 0 Å². The topological polar surface area (TPSA) is 72.6 Å². The highest BCUT2D eigenvalue weighted by Gasteiger charge is 2.26. The van der Waals surface area contributed by atoms with Gasteiger partial charge in [0.1, 0.15) is 10.6 Å². The van der Waals surface area contributed by atoms with Crippen molar-refractivity contribution < 1.29 is 14.3 Å². The molecule has 0 aliphatic rings. The van der Waals surface area contributed by atoms with E-state index < -0.39 is 5.97 Å². The van der Waals surface area contributed by atoms with E-state index in [1.807, 2.05) is 11.9 Å². The number of Topliss-reactive ketones (excluding diaryl/α,β-unsaturated/α-hetero) is 1. The monoisotopic (exact) mass is 298 g/mol. The van der Waals surface area contributed by atoms with Gasteiger partial charge in [-0.3, -0.25) is 4.79 Å². The Bertz CT molecular complexity index is 497. The van der Waals surface area contributed by atoms with Gasteiger partial charge in [-0.2, -0.15) is 0 Å². The van der Waals surface area contributed by atoms with Crippen molar-refractivity contribution in [3.63, 3.8) is 0 Å². The zero-order chi connectivity index (χ0) is 15.3. The average molecular weight is 298 g/mol. The summed E-state index contributed by atoms with van der Waals surface area (Å²) in [6, 6.07) is 0. The van der Waals surface area contributed by atoms with Crippen LogP contribution in [0.25, 0.3) is 0 Å². The van der Waals surface area contributed by atoms with Gasteiger partial charge in [-0.15, -0.1) is 11.3 Å². The summed E-state index contributed by atoms with van der Waals surface area (Å²) < 4.78 is 5.05. The van der Waals surface area contributed by atoms with Crippen molar-refractivity contribution in [3.8, 4) is 0 Å². The second kappa shape index (κ2) is 7.28. The summed E-state index contributed by atoms with van der Waals surface area (Å²) in [6.45, 7) is 6.38. The molecule has 1 rings (SSSR count). The van der Waals surface area contributed by atoms with Crippen molar-refractivity contribution in [3.05, 3.63) is 10.4 Å². The van der Waals surface area contributed by atoms with E-state index in [9.17, 15) is 9.59 Å². The number of unbranched alkanes of at least 4 members (excludes halogenated alkanes) is 1. The van der Waals surface area contributed by atoms with Crippen LogP contribution in [0.4, 0.5) is 10.7 Å². The van der Waals surface area contributed by atoms with Crippen LogP contribution in [-0.2, 0) is 4.74 Å². The van der Waals surface area contributed by atoms with E-state index in [1.165, 1.54) is 18.3 Å². The number of thiophene rings is 1. The Hall–Kier alpha value is -1.56. The van der Waals surface area contributed by atoms with E-state index in [1.54, 1.807) is 6.92 Å². The molecule has 0 saturated carbocycles. The molecule has 0 unspecified atom stereocenters. The summed E-state index contributed by atoms with van der Waals surface area (Å²) in [4.78, 5) is 26.1. The molecule has 0 aliphatic carbocycles. The molecule has 0 aliphatic heterocycles. The minimum Gasteiger partial charge on any atom is -0.462 e. The molecule has 0 atom stereocenters. The van der Waals surface area contributed by atoms with E-state index in [2.05, 4.69) is 6.92 Å². The first-order valence-corrected chi connectivity index (χ1v) is 7.57. The third-order valence-corrected chi connectivity index (χ3v) is 4.34. The van der Waals surface area contributed by atoms with Gasteiger partial charge in [-0.1, -0.05) is 13.3 Å². The quantitative estimate of drug-likeness (QED) is 0.619. The molecule has 6 heteroatoms. The summed E-state index contributed by atoms with van der Waals surface area (Å²) in [5.41, 5.74) is 6.52. The molecule has 20 heavy (non-hydrogen) atoms. The molecule has 0 fully saturated rings. The summed E-state index contributed by atoms with van der Waals surface area (Å²) in [5.74, 6) is -0.597. The van der Waals surface area contributed by atoms with Crippen LogP contribution in [0.15, 0.2) is 0 Å². The minimum atomic E-state index is -0.466. The number of ether oxygens (including phenoxy) is 1. The first-order valence-electron chi connectivity index (χ1n) is 6.75. The largest absolute Gasteiger partial charge is 0.462 e. The van der Waals surface area contributed by atoms with E-state index in [0.29, 0.717) is 15.4 Å². The number of nitrogen functional groups attached to an aromatic ring is 1. The summed E-state index contributed by atoms with van der Waals surface area (Å²) in [5, 5.41) is 0.708. The van der Waals surface area contributed by atoms with Gasteiger partial charge >= 0.3 is 5.97 Å². The smallest absolute Gasteiger partial charge is 0.343 e. The van der Waals surface area contributed by atoms with Gasteiger partial charge in [-0.25, -0.2) is 4.79 Å². The van der Waals surface area contributed by atoms with E-state index in [-0.39, 0.29) is 18.1 Å². The lowest BCUT2D eigenvalue weighted by molar-refractivity contribution is 0.0529. The maximum absolute atomic E-state index is 12.1. The van der Waals surface area contributed by atoms with Crippen LogP contribution in [0.1, 0.15) is 53.6 Å². The van der Waals surface area contributed by atoms with E-state index >= 15 is 0 Å². The summed E-state index contributed by atoms with van der Waals surface area (Å²) >= 11 is 1.26. The molecule has 1 heterocycles. The predicted octanol–water partition coefficient (Wildman–Crippen LogP) is 2.95. The Morgan fingerprint density at radius 2 is 2.00 bits per heavy atom. The highest BCUT2D eigenvalue weighted by Crippen LogP contribution is 2.38. The summed E-state index contributed by atoms with van der Waals surface area (Å²) in [7, 11) is 1.90. The molecule has 0 amide bonds. The number of carbonyl (C=O) groups is 2. The lowest BCUT2D eigenvalue weighted by Gasteiger charge is -2.18. The van der Waals surface area contributed by atoms with Crippen LogP contribution >= 0.6 is 11.3 Å². The molecule has 0 bridgehead atoms. The van der Waals surface area contributed by atoms with Gasteiger partial charge in [0, 0.05) is 20.5 Å². The third-order valence-electron chi connectivity index (χ3n) is 2.92. The molecule has 0 spiro atoms. The van der Waals surface area contributed by atoms with Crippen LogP contribution in [0.5, 0.6) is 0 Å². The van der Waals surface area contributed by atoms with Crippen molar-refractivity contribution in [1.82, 2.24) is 0 Å². The fourth-order valence-corrected chi connectivity index (χ4v) is 2.95. The lowest BCUT2D eigenvalue weighted by Crippen LogP contribution is -2.20. The SMILES string of the molecule is CCCCN(C)c1sc(C(C)=O)c(N)c1C(=O)OCC. The number of nitrogens with two attached hydrogens (primary N) is 1. The van der Waals surface area contributed by atoms with Crippen LogP contribution in [0, 0.1) is 0 Å². The number of hydrogen-bond acceptors (Lipinski definition) is 6. The molecule has 0 radical (unpaired) electrons. The first-order chi connectivity index (χ1) is 9.43. The molecule has 2 N–H and O–H groups in total. The molecule has 112 valence electrons. The fraction of sp³-hybridized carbons (Fsp3) is 0.571. The zero-order valence-corrected chi connectivity index (χ0v) is 13.3. The molecular weight excluding hydrogens is 276 g/mol. The van der Waals surface area contributed by atoms with Crippen LogP contribution < -0.4 is 10.6 Å². The van der Waals surface area contributed by atoms with Crippen molar-refractivity contribution in [2.45, 2.75) is 33.6 Å². The number of esters is 1. The first kappa shape index (κ1) is 16.5. The van der Waals surface area contributed by atoms with Gasteiger partial charge in [0.05, 0.1) is 17.2 Å². The number of ketones is 1. The highest BCUT2D eigenvalue weighted by molar-refractivity contribution is 7.19. The standard InChI is InChI=1S/C14H22N2O3S/c1-5-7-8-16(4)13-10(14(18)19-6-2)11(15)12(20-13)9(3)17/h5-8,15H2,1-4H3. The van der Waals surface area contributed by atoms with E-state index in [0.717, 1.165) is 19.4 Å². The molecule has 1 aromatic rings.